The van der Waals surface area contributed by atoms with Crippen molar-refractivity contribution in [3.63, 3.8) is 0 Å². The summed E-state index contributed by atoms with van der Waals surface area (Å²) in [7, 11) is 0. The molecule has 9 heteroatoms. The van der Waals surface area contributed by atoms with Gasteiger partial charge in [0.1, 0.15) is 16.3 Å². The second kappa shape index (κ2) is 8.87. The Balaban J connectivity index is 1.81. The van der Waals surface area contributed by atoms with Gasteiger partial charge >= 0.3 is 5.97 Å². The second-order valence-corrected chi connectivity index (χ2v) is 8.39. The third-order valence-electron chi connectivity index (χ3n) is 4.44. The van der Waals surface area contributed by atoms with Crippen molar-refractivity contribution in [3.8, 4) is 0 Å². The molecule has 29 heavy (non-hydrogen) atoms. The van der Waals surface area contributed by atoms with E-state index in [1.807, 2.05) is 31.2 Å². The Labute approximate surface area is 179 Å². The van der Waals surface area contributed by atoms with Crippen LogP contribution in [0.15, 0.2) is 39.9 Å². The Bertz CT molecular complexity index is 1120. The fraction of sp³-hybridized carbons (Fsp3) is 0.300. The van der Waals surface area contributed by atoms with Crippen LogP contribution in [0, 0.1) is 6.92 Å². The summed E-state index contributed by atoms with van der Waals surface area (Å²) in [5.41, 5.74) is 1.12. The van der Waals surface area contributed by atoms with E-state index in [0.29, 0.717) is 20.7 Å². The number of hydrogen-bond donors (Lipinski definition) is 1. The van der Waals surface area contributed by atoms with Crippen molar-refractivity contribution in [2.75, 3.05) is 6.61 Å². The SMILES string of the molecule is CCOC(=O)c1sc2ncn(CC(=O)NC(C)c3ccc(Br)cc3)c(=O)c2c1C. The molecule has 0 saturated carbocycles. The molecule has 3 rings (SSSR count). The van der Waals surface area contributed by atoms with Gasteiger partial charge in [0.05, 0.1) is 24.4 Å². The van der Waals surface area contributed by atoms with E-state index in [0.717, 1.165) is 21.4 Å². The van der Waals surface area contributed by atoms with Gasteiger partial charge in [-0.2, -0.15) is 0 Å². The van der Waals surface area contributed by atoms with E-state index in [1.165, 1.54) is 10.9 Å². The lowest BCUT2D eigenvalue weighted by Gasteiger charge is -2.15. The quantitative estimate of drug-likeness (QED) is 0.547. The fourth-order valence-electron chi connectivity index (χ4n) is 2.94. The van der Waals surface area contributed by atoms with Gasteiger partial charge in [-0.15, -0.1) is 11.3 Å². The van der Waals surface area contributed by atoms with Crippen LogP contribution in [0.3, 0.4) is 0 Å². The number of aryl methyl sites for hydroxylation is 1. The molecule has 1 amide bonds. The average molecular weight is 478 g/mol. The predicted octanol–water partition coefficient (Wildman–Crippen LogP) is 3.58. The first kappa shape index (κ1) is 21.2. The number of ether oxygens (including phenoxy) is 1. The van der Waals surface area contributed by atoms with Crippen LogP contribution in [0.5, 0.6) is 0 Å². The molecule has 0 radical (unpaired) electrons. The first-order valence-corrected chi connectivity index (χ1v) is 10.6. The molecule has 1 N–H and O–H groups in total. The molecule has 2 heterocycles. The van der Waals surface area contributed by atoms with Crippen LogP contribution in [0.1, 0.15) is 40.7 Å². The maximum atomic E-state index is 12.9. The second-order valence-electron chi connectivity index (χ2n) is 6.48. The smallest absolute Gasteiger partial charge is 0.348 e. The Morgan fingerprint density at radius 1 is 1.31 bits per heavy atom. The minimum Gasteiger partial charge on any atom is -0.462 e. The molecule has 2 aromatic heterocycles. The minimum absolute atomic E-state index is 0.160. The molecular formula is C20H20BrN3O4S. The number of carbonyl (C=O) groups excluding carboxylic acids is 2. The topological polar surface area (TPSA) is 90.3 Å². The molecule has 1 unspecified atom stereocenters. The number of benzene rings is 1. The molecular weight excluding hydrogens is 458 g/mol. The number of thiophene rings is 1. The molecule has 0 spiro atoms. The number of amides is 1. The summed E-state index contributed by atoms with van der Waals surface area (Å²) in [6.45, 7) is 5.38. The van der Waals surface area contributed by atoms with Gasteiger partial charge in [-0.1, -0.05) is 28.1 Å². The highest BCUT2D eigenvalue weighted by molar-refractivity contribution is 9.10. The van der Waals surface area contributed by atoms with Crippen LogP contribution in [-0.2, 0) is 16.1 Å². The number of carbonyl (C=O) groups is 2. The zero-order valence-electron chi connectivity index (χ0n) is 16.2. The summed E-state index contributed by atoms with van der Waals surface area (Å²) in [6, 6.07) is 7.43. The number of aromatic nitrogens is 2. The number of esters is 1. The normalized spacial score (nSPS) is 12.0. The van der Waals surface area contributed by atoms with E-state index in [9.17, 15) is 14.4 Å². The number of halogens is 1. The molecule has 7 nitrogen and oxygen atoms in total. The zero-order valence-corrected chi connectivity index (χ0v) is 18.6. The summed E-state index contributed by atoms with van der Waals surface area (Å²) in [5, 5.41) is 3.22. The van der Waals surface area contributed by atoms with Gasteiger partial charge in [0.15, 0.2) is 0 Å². The van der Waals surface area contributed by atoms with E-state index in [4.69, 9.17) is 4.74 Å². The summed E-state index contributed by atoms with van der Waals surface area (Å²) in [6.07, 6.45) is 1.33. The number of fused-ring (bicyclic) bond motifs is 1. The lowest BCUT2D eigenvalue weighted by Crippen LogP contribution is -2.34. The van der Waals surface area contributed by atoms with Gasteiger partial charge in [-0.05, 0) is 44.0 Å². The lowest BCUT2D eigenvalue weighted by atomic mass is 10.1. The fourth-order valence-corrected chi connectivity index (χ4v) is 4.24. The van der Waals surface area contributed by atoms with Crippen molar-refractivity contribution < 1.29 is 14.3 Å². The highest BCUT2D eigenvalue weighted by Gasteiger charge is 2.21. The van der Waals surface area contributed by atoms with E-state index >= 15 is 0 Å². The Hall–Kier alpha value is -2.52. The van der Waals surface area contributed by atoms with Gasteiger partial charge in [0.2, 0.25) is 5.91 Å². The number of hydrogen-bond acceptors (Lipinski definition) is 6. The summed E-state index contributed by atoms with van der Waals surface area (Å²) in [5.74, 6) is -0.776. The molecule has 1 atom stereocenters. The Morgan fingerprint density at radius 2 is 2.00 bits per heavy atom. The van der Waals surface area contributed by atoms with E-state index in [-0.39, 0.29) is 30.7 Å². The van der Waals surface area contributed by atoms with E-state index in [2.05, 4.69) is 26.2 Å². The van der Waals surface area contributed by atoms with Gasteiger partial charge in [-0.3, -0.25) is 14.2 Å². The first-order chi connectivity index (χ1) is 13.8. The molecule has 152 valence electrons. The van der Waals surface area contributed by atoms with Crippen LogP contribution < -0.4 is 10.9 Å². The van der Waals surface area contributed by atoms with Crippen LogP contribution in [0.2, 0.25) is 0 Å². The van der Waals surface area contributed by atoms with E-state index in [1.54, 1.807) is 13.8 Å². The minimum atomic E-state index is -0.472. The van der Waals surface area contributed by atoms with Crippen molar-refractivity contribution in [3.05, 3.63) is 61.4 Å². The third kappa shape index (κ3) is 4.56. The maximum absolute atomic E-state index is 12.9. The van der Waals surface area contributed by atoms with Crippen molar-refractivity contribution in [2.45, 2.75) is 33.4 Å². The Kier molecular flexibility index (Phi) is 6.49. The van der Waals surface area contributed by atoms with E-state index < -0.39 is 5.97 Å². The van der Waals surface area contributed by atoms with Gasteiger partial charge in [0.25, 0.3) is 5.56 Å². The molecule has 3 aromatic rings. The summed E-state index contributed by atoms with van der Waals surface area (Å²) >= 11 is 4.50. The molecule has 0 aliphatic rings. The van der Waals surface area contributed by atoms with Crippen molar-refractivity contribution in [1.29, 1.82) is 0 Å². The van der Waals surface area contributed by atoms with Crippen LogP contribution in [0.4, 0.5) is 0 Å². The molecule has 0 aliphatic heterocycles. The number of nitrogens with zero attached hydrogens (tertiary/aromatic N) is 2. The lowest BCUT2D eigenvalue weighted by molar-refractivity contribution is -0.122. The molecule has 0 aliphatic carbocycles. The Morgan fingerprint density at radius 3 is 2.66 bits per heavy atom. The number of rotatable bonds is 6. The van der Waals surface area contributed by atoms with Gasteiger partial charge < -0.3 is 10.1 Å². The molecule has 0 fully saturated rings. The number of nitrogens with one attached hydrogen (secondary N) is 1. The third-order valence-corrected chi connectivity index (χ3v) is 6.15. The van der Waals surface area contributed by atoms with Gasteiger partial charge in [0, 0.05) is 4.47 Å². The van der Waals surface area contributed by atoms with Crippen molar-refractivity contribution >= 4 is 49.4 Å². The summed E-state index contributed by atoms with van der Waals surface area (Å²) in [4.78, 5) is 42.5. The standard InChI is InChI=1S/C20H20BrN3O4S/c1-4-28-20(27)17-11(2)16-18(29-17)22-10-24(19(16)26)9-15(25)23-12(3)13-5-7-14(21)8-6-13/h5-8,10,12H,4,9H2,1-3H3,(H,23,25). The highest BCUT2D eigenvalue weighted by atomic mass is 79.9. The van der Waals surface area contributed by atoms with Gasteiger partial charge in [-0.25, -0.2) is 9.78 Å². The largest absolute Gasteiger partial charge is 0.462 e. The molecule has 0 bridgehead atoms. The van der Waals surface area contributed by atoms with Crippen LogP contribution in [0.25, 0.3) is 10.2 Å². The monoisotopic (exact) mass is 477 g/mol. The predicted molar refractivity (Wildman–Crippen MR) is 115 cm³/mol. The molecule has 0 saturated heterocycles. The van der Waals surface area contributed by atoms with Crippen molar-refractivity contribution in [1.82, 2.24) is 14.9 Å². The average Bonchev–Trinajstić information content (AvgIpc) is 3.02. The summed E-state index contributed by atoms with van der Waals surface area (Å²) < 4.78 is 7.24. The zero-order chi connectivity index (χ0) is 21.1. The maximum Gasteiger partial charge on any atom is 0.348 e. The van der Waals surface area contributed by atoms with Crippen LogP contribution in [-0.4, -0.2) is 28.0 Å². The molecule has 1 aromatic carbocycles. The first-order valence-electron chi connectivity index (χ1n) is 9.02. The highest BCUT2D eigenvalue weighted by Crippen LogP contribution is 2.27. The van der Waals surface area contributed by atoms with Crippen molar-refractivity contribution in [2.24, 2.45) is 0 Å². The van der Waals surface area contributed by atoms with Crippen LogP contribution >= 0.6 is 27.3 Å².